The van der Waals surface area contributed by atoms with Crippen molar-refractivity contribution in [1.29, 1.82) is 0 Å². The molecule has 0 aromatic carbocycles. The molecule has 1 aliphatic carbocycles. The molecule has 2 rings (SSSR count). The lowest BCUT2D eigenvalue weighted by Gasteiger charge is -2.26. The molecule has 1 unspecified atom stereocenters. The minimum absolute atomic E-state index is 0.393. The van der Waals surface area contributed by atoms with E-state index in [1.807, 2.05) is 18.5 Å². The number of aromatic nitrogens is 2. The molecule has 21 heavy (non-hydrogen) atoms. The van der Waals surface area contributed by atoms with Crippen LogP contribution in [0.5, 0.6) is 0 Å². The fourth-order valence-corrected chi connectivity index (χ4v) is 2.70. The normalized spacial score (nSPS) is 16.9. The molecular weight excluding hydrogens is 264 g/mol. The Morgan fingerprint density at radius 2 is 2.05 bits per heavy atom. The molecule has 0 bridgehead atoms. The summed E-state index contributed by atoms with van der Waals surface area (Å²) in [6.45, 7) is 10.7. The van der Waals surface area contributed by atoms with Gasteiger partial charge in [0.15, 0.2) is 0 Å². The van der Waals surface area contributed by atoms with Gasteiger partial charge in [0.2, 0.25) is 0 Å². The highest BCUT2D eigenvalue weighted by Crippen LogP contribution is 2.27. The Bertz CT molecular complexity index is 465. The number of aliphatic hydroxyl groups excluding tert-OH is 1. The predicted octanol–water partition coefficient (Wildman–Crippen LogP) is 1.95. The Morgan fingerprint density at radius 1 is 1.38 bits per heavy atom. The lowest BCUT2D eigenvalue weighted by Crippen LogP contribution is -2.37. The Balaban J connectivity index is 1.89. The van der Waals surface area contributed by atoms with Crippen molar-refractivity contribution < 1.29 is 5.11 Å². The van der Waals surface area contributed by atoms with Crippen molar-refractivity contribution >= 4 is 5.69 Å². The van der Waals surface area contributed by atoms with Crippen LogP contribution in [0, 0.1) is 19.8 Å². The van der Waals surface area contributed by atoms with Crippen LogP contribution in [0.25, 0.3) is 0 Å². The molecule has 1 fully saturated rings. The van der Waals surface area contributed by atoms with Crippen molar-refractivity contribution in [2.75, 3.05) is 18.8 Å². The van der Waals surface area contributed by atoms with Crippen molar-refractivity contribution in [3.8, 4) is 0 Å². The molecule has 0 spiro atoms. The predicted molar refractivity (Wildman–Crippen MR) is 86.2 cm³/mol. The van der Waals surface area contributed by atoms with Crippen molar-refractivity contribution in [2.45, 2.75) is 65.6 Å². The summed E-state index contributed by atoms with van der Waals surface area (Å²) in [6.07, 6.45) is 3.35. The van der Waals surface area contributed by atoms with E-state index in [-0.39, 0.29) is 0 Å². The third-order valence-corrected chi connectivity index (χ3v) is 4.32. The third kappa shape index (κ3) is 4.45. The third-order valence-electron chi connectivity index (χ3n) is 4.32. The number of aryl methyl sites for hydroxylation is 1. The van der Waals surface area contributed by atoms with Crippen LogP contribution in [0.3, 0.4) is 0 Å². The number of nitrogen functional groups attached to an aromatic ring is 1. The molecule has 5 heteroatoms. The Morgan fingerprint density at radius 3 is 2.52 bits per heavy atom. The molecule has 1 atom stereocenters. The number of anilines is 1. The molecule has 1 aromatic heterocycles. The van der Waals surface area contributed by atoms with Crippen molar-refractivity contribution in [3.63, 3.8) is 0 Å². The smallest absolute Gasteiger partial charge is 0.0862 e. The number of hydrogen-bond acceptors (Lipinski definition) is 4. The quantitative estimate of drug-likeness (QED) is 0.769. The van der Waals surface area contributed by atoms with Gasteiger partial charge in [-0.1, -0.05) is 13.8 Å². The first-order valence-corrected chi connectivity index (χ1v) is 8.10. The summed E-state index contributed by atoms with van der Waals surface area (Å²) in [6, 6.07) is 0.684. The average molecular weight is 294 g/mol. The van der Waals surface area contributed by atoms with Crippen LogP contribution < -0.4 is 5.73 Å². The lowest BCUT2D eigenvalue weighted by molar-refractivity contribution is 0.0881. The number of nitrogens with zero attached hydrogens (tertiary/aromatic N) is 3. The summed E-state index contributed by atoms with van der Waals surface area (Å²) in [5.41, 5.74) is 8.48. The summed E-state index contributed by atoms with van der Waals surface area (Å²) in [7, 11) is 0. The van der Waals surface area contributed by atoms with E-state index in [0.717, 1.165) is 30.2 Å². The largest absolute Gasteiger partial charge is 0.396 e. The first-order chi connectivity index (χ1) is 9.88. The highest BCUT2D eigenvalue weighted by atomic mass is 16.3. The highest BCUT2D eigenvalue weighted by molar-refractivity contribution is 5.46. The van der Waals surface area contributed by atoms with E-state index in [2.05, 4.69) is 23.8 Å². The summed E-state index contributed by atoms with van der Waals surface area (Å²) in [4.78, 5) is 2.44. The molecule has 120 valence electrons. The second kappa shape index (κ2) is 6.79. The first kappa shape index (κ1) is 16.3. The van der Waals surface area contributed by atoms with Crippen LogP contribution in [0.15, 0.2) is 0 Å². The monoisotopic (exact) mass is 294 g/mol. The van der Waals surface area contributed by atoms with Gasteiger partial charge in [0.05, 0.1) is 29.7 Å². The van der Waals surface area contributed by atoms with Gasteiger partial charge in [0, 0.05) is 12.6 Å². The molecule has 0 amide bonds. The summed E-state index contributed by atoms with van der Waals surface area (Å²) >= 11 is 0. The molecule has 0 saturated heterocycles. The maximum atomic E-state index is 10.4. The molecular formula is C16H30N4O. The van der Waals surface area contributed by atoms with E-state index in [9.17, 15) is 5.11 Å². The van der Waals surface area contributed by atoms with Crippen LogP contribution >= 0.6 is 0 Å². The van der Waals surface area contributed by atoms with Gasteiger partial charge >= 0.3 is 0 Å². The Hall–Kier alpha value is -1.07. The summed E-state index contributed by atoms with van der Waals surface area (Å²) in [5.74, 6) is 0.708. The Kier molecular flexibility index (Phi) is 5.27. The molecule has 3 N–H and O–H groups in total. The standard InChI is InChI=1S/C16H30N4O/c1-11(2)7-8-19(14-5-6-14)9-15(21)10-20-13(4)16(17)12(3)18-20/h11,14-15,21H,5-10,17H2,1-4H3. The fraction of sp³-hybridized carbons (Fsp3) is 0.812. The minimum atomic E-state index is -0.393. The Labute approximate surface area is 128 Å². The van der Waals surface area contributed by atoms with Gasteiger partial charge in [-0.2, -0.15) is 5.10 Å². The van der Waals surface area contributed by atoms with Crippen LogP contribution in [0.2, 0.25) is 0 Å². The van der Waals surface area contributed by atoms with Crippen LogP contribution in [0.4, 0.5) is 5.69 Å². The maximum Gasteiger partial charge on any atom is 0.0862 e. The van der Waals surface area contributed by atoms with Crippen LogP contribution in [-0.2, 0) is 6.54 Å². The topological polar surface area (TPSA) is 67.3 Å². The van der Waals surface area contributed by atoms with Gasteiger partial charge in [-0.15, -0.1) is 0 Å². The molecule has 0 aliphatic heterocycles. The molecule has 5 nitrogen and oxygen atoms in total. The number of aliphatic hydroxyl groups is 1. The maximum absolute atomic E-state index is 10.4. The zero-order chi connectivity index (χ0) is 15.6. The van der Waals surface area contributed by atoms with E-state index in [1.54, 1.807) is 0 Å². The van der Waals surface area contributed by atoms with E-state index in [0.29, 0.717) is 18.5 Å². The summed E-state index contributed by atoms with van der Waals surface area (Å²) in [5, 5.41) is 14.8. The number of nitrogens with two attached hydrogens (primary N) is 1. The number of hydrogen-bond donors (Lipinski definition) is 2. The van der Waals surface area contributed by atoms with Crippen molar-refractivity contribution in [2.24, 2.45) is 5.92 Å². The van der Waals surface area contributed by atoms with Gasteiger partial charge in [0.25, 0.3) is 0 Å². The van der Waals surface area contributed by atoms with E-state index < -0.39 is 6.10 Å². The number of rotatable bonds is 8. The molecule has 1 saturated carbocycles. The molecule has 0 radical (unpaired) electrons. The van der Waals surface area contributed by atoms with E-state index in [1.165, 1.54) is 19.3 Å². The molecule has 1 aromatic rings. The van der Waals surface area contributed by atoms with Crippen LogP contribution in [0.1, 0.15) is 44.5 Å². The molecule has 1 heterocycles. The van der Waals surface area contributed by atoms with E-state index in [4.69, 9.17) is 5.73 Å². The average Bonchev–Trinajstić information content (AvgIpc) is 3.21. The fourth-order valence-electron chi connectivity index (χ4n) is 2.70. The van der Waals surface area contributed by atoms with Crippen molar-refractivity contribution in [1.82, 2.24) is 14.7 Å². The minimum Gasteiger partial charge on any atom is -0.396 e. The zero-order valence-electron chi connectivity index (χ0n) is 13.8. The van der Waals surface area contributed by atoms with Gasteiger partial charge in [-0.25, -0.2) is 0 Å². The lowest BCUT2D eigenvalue weighted by atomic mass is 10.1. The second-order valence-electron chi connectivity index (χ2n) is 6.83. The summed E-state index contributed by atoms with van der Waals surface area (Å²) < 4.78 is 1.84. The van der Waals surface area contributed by atoms with Gasteiger partial charge in [-0.05, 0) is 45.6 Å². The van der Waals surface area contributed by atoms with Gasteiger partial charge in [0.1, 0.15) is 0 Å². The SMILES string of the molecule is Cc1nn(CC(O)CN(CCC(C)C)C2CC2)c(C)c1N. The van der Waals surface area contributed by atoms with Crippen molar-refractivity contribution in [3.05, 3.63) is 11.4 Å². The van der Waals surface area contributed by atoms with E-state index >= 15 is 0 Å². The first-order valence-electron chi connectivity index (χ1n) is 8.10. The highest BCUT2D eigenvalue weighted by Gasteiger charge is 2.30. The van der Waals surface area contributed by atoms with Gasteiger partial charge < -0.3 is 10.8 Å². The zero-order valence-corrected chi connectivity index (χ0v) is 13.8. The second-order valence-corrected chi connectivity index (χ2v) is 6.83. The van der Waals surface area contributed by atoms with Crippen LogP contribution in [-0.4, -0.2) is 45.0 Å². The molecule has 1 aliphatic rings. The van der Waals surface area contributed by atoms with Gasteiger partial charge in [-0.3, -0.25) is 9.58 Å².